The number of halogens is 1. The van der Waals surface area contributed by atoms with Crippen molar-refractivity contribution in [2.75, 3.05) is 13.6 Å². The van der Waals surface area contributed by atoms with Crippen molar-refractivity contribution >= 4 is 5.91 Å². The topological polar surface area (TPSA) is 70.4 Å². The third-order valence-electron chi connectivity index (χ3n) is 5.38. The number of carbonyl (C=O) groups is 1. The average molecular weight is 394 g/mol. The number of hydrogen-bond acceptors (Lipinski definition) is 4. The quantitative estimate of drug-likeness (QED) is 0.674. The Morgan fingerprint density at radius 1 is 1.24 bits per heavy atom. The van der Waals surface area contributed by atoms with Crippen LogP contribution in [0.15, 0.2) is 60.9 Å². The molecule has 1 aliphatic heterocycles. The minimum absolute atomic E-state index is 0.0756. The highest BCUT2D eigenvalue weighted by Gasteiger charge is 2.38. The smallest absolute Gasteiger partial charge is 0.223 e. The number of benzene rings is 2. The molecule has 0 bridgehead atoms. The number of aromatic hydroxyl groups is 1. The third-order valence-corrected chi connectivity index (χ3v) is 5.38. The van der Waals surface area contributed by atoms with Crippen molar-refractivity contribution < 1.29 is 14.3 Å². The van der Waals surface area contributed by atoms with E-state index in [1.165, 1.54) is 12.1 Å². The average Bonchev–Trinajstić information content (AvgIpc) is 3.28. The van der Waals surface area contributed by atoms with Gasteiger partial charge in [0, 0.05) is 44.2 Å². The predicted molar refractivity (Wildman–Crippen MR) is 107 cm³/mol. The first-order chi connectivity index (χ1) is 14.0. The van der Waals surface area contributed by atoms with Crippen molar-refractivity contribution in [1.29, 1.82) is 0 Å². The summed E-state index contributed by atoms with van der Waals surface area (Å²) in [5.74, 6) is 0.163. The van der Waals surface area contributed by atoms with Gasteiger partial charge in [-0.3, -0.25) is 4.79 Å². The van der Waals surface area contributed by atoms with Crippen molar-refractivity contribution in [1.82, 2.24) is 20.0 Å². The highest BCUT2D eigenvalue weighted by molar-refractivity contribution is 5.79. The van der Waals surface area contributed by atoms with Crippen LogP contribution in [0.25, 0.3) is 5.69 Å². The molecule has 1 amide bonds. The molecule has 0 radical (unpaired) electrons. The number of amides is 1. The lowest BCUT2D eigenvalue weighted by atomic mass is 9.95. The van der Waals surface area contributed by atoms with E-state index in [0.717, 1.165) is 16.8 Å². The van der Waals surface area contributed by atoms with Gasteiger partial charge in [-0.2, -0.15) is 5.10 Å². The lowest BCUT2D eigenvalue weighted by molar-refractivity contribution is -0.127. The van der Waals surface area contributed by atoms with E-state index in [4.69, 9.17) is 0 Å². The van der Waals surface area contributed by atoms with Gasteiger partial charge in [-0.1, -0.05) is 12.1 Å². The van der Waals surface area contributed by atoms with Crippen LogP contribution in [0.1, 0.15) is 23.6 Å². The molecule has 29 heavy (non-hydrogen) atoms. The van der Waals surface area contributed by atoms with Crippen LogP contribution in [0.5, 0.6) is 5.75 Å². The van der Waals surface area contributed by atoms with E-state index in [0.29, 0.717) is 19.5 Å². The summed E-state index contributed by atoms with van der Waals surface area (Å²) in [6, 6.07) is 13.2. The number of nitrogens with zero attached hydrogens (tertiary/aromatic N) is 3. The van der Waals surface area contributed by atoms with Gasteiger partial charge in [0.15, 0.2) is 0 Å². The number of phenols is 1. The van der Waals surface area contributed by atoms with Gasteiger partial charge in [-0.05, 0) is 42.0 Å². The van der Waals surface area contributed by atoms with Gasteiger partial charge < -0.3 is 15.3 Å². The molecule has 1 saturated heterocycles. The molecule has 3 aromatic rings. The maximum Gasteiger partial charge on any atom is 0.223 e. The summed E-state index contributed by atoms with van der Waals surface area (Å²) >= 11 is 0. The van der Waals surface area contributed by atoms with Crippen LogP contribution >= 0.6 is 0 Å². The fourth-order valence-corrected chi connectivity index (χ4v) is 3.92. The fraction of sp³-hybridized carbons (Fsp3) is 0.273. The van der Waals surface area contributed by atoms with Crippen molar-refractivity contribution in [2.45, 2.75) is 19.0 Å². The van der Waals surface area contributed by atoms with Crippen LogP contribution in [0.4, 0.5) is 4.39 Å². The van der Waals surface area contributed by atoms with Gasteiger partial charge in [0.25, 0.3) is 0 Å². The number of phenolic OH excluding ortho intramolecular Hbond substituents is 1. The first-order valence-electron chi connectivity index (χ1n) is 9.56. The Morgan fingerprint density at radius 3 is 2.79 bits per heavy atom. The molecule has 2 N–H and O–H groups in total. The second-order valence-electron chi connectivity index (χ2n) is 7.41. The number of carbonyl (C=O) groups excluding carboxylic acids is 1. The Bertz CT molecular complexity index is 1000. The largest absolute Gasteiger partial charge is 0.508 e. The Kier molecular flexibility index (Phi) is 5.31. The lowest BCUT2D eigenvalue weighted by Crippen LogP contribution is -2.28. The molecule has 1 fully saturated rings. The summed E-state index contributed by atoms with van der Waals surface area (Å²) in [6.07, 6.45) is 4.14. The summed E-state index contributed by atoms with van der Waals surface area (Å²) in [5.41, 5.74) is 2.71. The van der Waals surface area contributed by atoms with Crippen LogP contribution in [0.3, 0.4) is 0 Å². The molecule has 4 rings (SSSR count). The van der Waals surface area contributed by atoms with Crippen LogP contribution in [0, 0.1) is 11.7 Å². The van der Waals surface area contributed by atoms with Crippen molar-refractivity contribution in [3.05, 3.63) is 77.9 Å². The second-order valence-corrected chi connectivity index (χ2v) is 7.41. The molecule has 150 valence electrons. The monoisotopic (exact) mass is 394 g/mol. The maximum absolute atomic E-state index is 13.2. The molecule has 2 atom stereocenters. The van der Waals surface area contributed by atoms with Gasteiger partial charge in [0.05, 0.1) is 17.9 Å². The maximum atomic E-state index is 13.2. The molecular formula is C22H23FN4O2. The number of nitrogens with one attached hydrogen (secondary N) is 1. The van der Waals surface area contributed by atoms with Gasteiger partial charge >= 0.3 is 0 Å². The molecule has 0 saturated carbocycles. The number of rotatable bonds is 6. The first-order valence-corrected chi connectivity index (χ1v) is 9.56. The van der Waals surface area contributed by atoms with E-state index in [1.54, 1.807) is 40.0 Å². The highest BCUT2D eigenvalue weighted by atomic mass is 19.1. The zero-order valence-corrected chi connectivity index (χ0v) is 16.1. The zero-order valence-electron chi connectivity index (χ0n) is 16.1. The molecule has 6 nitrogen and oxygen atoms in total. The first kappa shape index (κ1) is 19.1. The minimum Gasteiger partial charge on any atom is -0.508 e. The van der Waals surface area contributed by atoms with Crippen molar-refractivity contribution in [3.63, 3.8) is 0 Å². The summed E-state index contributed by atoms with van der Waals surface area (Å²) in [4.78, 5) is 14.1. The van der Waals surface area contributed by atoms with E-state index < -0.39 is 0 Å². The van der Waals surface area contributed by atoms with Crippen LogP contribution in [-0.4, -0.2) is 39.3 Å². The number of aromatic nitrogens is 2. The normalized spacial score (nSPS) is 19.1. The molecule has 2 heterocycles. The van der Waals surface area contributed by atoms with Crippen LogP contribution < -0.4 is 5.32 Å². The van der Waals surface area contributed by atoms with E-state index in [9.17, 15) is 14.3 Å². The van der Waals surface area contributed by atoms with E-state index >= 15 is 0 Å². The Morgan fingerprint density at radius 2 is 2.03 bits per heavy atom. The van der Waals surface area contributed by atoms with Crippen molar-refractivity contribution in [2.24, 2.45) is 5.92 Å². The van der Waals surface area contributed by atoms with Crippen LogP contribution in [0.2, 0.25) is 0 Å². The Balaban J connectivity index is 1.47. The van der Waals surface area contributed by atoms with E-state index in [2.05, 4.69) is 10.4 Å². The van der Waals surface area contributed by atoms with E-state index in [-0.39, 0.29) is 29.4 Å². The van der Waals surface area contributed by atoms with Gasteiger partial charge in [-0.25, -0.2) is 9.07 Å². The molecular weight excluding hydrogens is 371 g/mol. The highest BCUT2D eigenvalue weighted by Crippen LogP contribution is 2.36. The summed E-state index contributed by atoms with van der Waals surface area (Å²) in [5, 5.41) is 17.4. The predicted octanol–water partition coefficient (Wildman–Crippen LogP) is 3.03. The molecule has 0 spiro atoms. The molecule has 1 aromatic heterocycles. The molecule has 0 aliphatic carbocycles. The molecule has 2 aromatic carbocycles. The Hall–Kier alpha value is -3.19. The standard InChI is InChI=1S/C22H23FN4O2/c1-26-21(29)10-16(12-24-11-15-3-2-4-20(28)9-15)22(26)17-13-25-27(14-17)19-7-5-18(23)6-8-19/h2-9,13-14,16,22,24,28H,10-12H2,1H3/t16-,22+/m0/s1. The fourth-order valence-electron chi connectivity index (χ4n) is 3.92. The van der Waals surface area contributed by atoms with Crippen molar-refractivity contribution in [3.8, 4) is 11.4 Å². The minimum atomic E-state index is -0.292. The van der Waals surface area contributed by atoms with Gasteiger partial charge in [-0.15, -0.1) is 0 Å². The SMILES string of the molecule is CN1C(=O)C[C@@H](CNCc2cccc(O)c2)[C@@H]1c1cnn(-c2ccc(F)cc2)c1. The molecule has 1 aliphatic rings. The molecule has 0 unspecified atom stereocenters. The summed E-state index contributed by atoms with van der Waals surface area (Å²) < 4.78 is 14.9. The Labute approximate surface area is 168 Å². The lowest BCUT2D eigenvalue weighted by Gasteiger charge is -2.24. The summed E-state index contributed by atoms with van der Waals surface area (Å²) in [6.45, 7) is 1.28. The number of hydrogen-bond donors (Lipinski definition) is 2. The number of likely N-dealkylation sites (tertiary alicyclic amines) is 1. The van der Waals surface area contributed by atoms with Gasteiger partial charge in [0.1, 0.15) is 11.6 Å². The second kappa shape index (κ2) is 8.05. The summed E-state index contributed by atoms with van der Waals surface area (Å²) in [7, 11) is 1.82. The molecule has 7 heteroatoms. The van der Waals surface area contributed by atoms with Gasteiger partial charge in [0.2, 0.25) is 5.91 Å². The zero-order chi connectivity index (χ0) is 20.4. The van der Waals surface area contributed by atoms with Crippen LogP contribution in [-0.2, 0) is 11.3 Å². The van der Waals surface area contributed by atoms with E-state index in [1.807, 2.05) is 25.4 Å². The third kappa shape index (κ3) is 4.14.